The highest BCUT2D eigenvalue weighted by atomic mass is 16.5. The Labute approximate surface area is 163 Å². The van der Waals surface area contributed by atoms with E-state index in [0.717, 1.165) is 12.8 Å². The number of aliphatic hydroxyl groups excluding tert-OH is 1. The monoisotopic (exact) mass is 375 g/mol. The molecule has 1 spiro atoms. The van der Waals surface area contributed by atoms with Crippen LogP contribution in [0.25, 0.3) is 0 Å². The summed E-state index contributed by atoms with van der Waals surface area (Å²) in [6.07, 6.45) is 8.56. The summed E-state index contributed by atoms with van der Waals surface area (Å²) in [5, 5.41) is 15.4. The van der Waals surface area contributed by atoms with Crippen LogP contribution in [0.2, 0.25) is 0 Å². The summed E-state index contributed by atoms with van der Waals surface area (Å²) in [4.78, 5) is 12.2. The van der Waals surface area contributed by atoms with Crippen molar-refractivity contribution < 1.29 is 14.6 Å². The third-order valence-electron chi connectivity index (χ3n) is 10.4. The molecule has 4 saturated carbocycles. The van der Waals surface area contributed by atoms with Gasteiger partial charge in [0.25, 0.3) is 0 Å². The van der Waals surface area contributed by atoms with Crippen LogP contribution in [-0.2, 0) is 9.53 Å². The van der Waals surface area contributed by atoms with Crippen LogP contribution in [-0.4, -0.2) is 36.4 Å². The molecule has 9 atom stereocenters. The zero-order valence-electron chi connectivity index (χ0n) is 17.5. The zero-order chi connectivity index (χ0) is 19.2. The summed E-state index contributed by atoms with van der Waals surface area (Å²) in [5.41, 5.74) is 0.540. The number of piperidine rings is 2. The standard InChI is InChI=1S/C23H37NO3/c1-13(2)14-7-10-21(3)18-15(25)12-22-9-5-6-16(22)23(21,11-8-17(26)27-4)19(14)24-20(18)22/h13-16,18-20,24-25H,5-12H2,1-4H3/t14-,15+,16-,18-,19-,20-,21+,22-,23+/m1/s1. The highest BCUT2D eigenvalue weighted by molar-refractivity contribution is 5.69. The molecule has 6 fully saturated rings. The molecular weight excluding hydrogens is 338 g/mol. The highest BCUT2D eigenvalue weighted by Crippen LogP contribution is 2.80. The summed E-state index contributed by atoms with van der Waals surface area (Å²) >= 11 is 0. The first-order valence-electron chi connectivity index (χ1n) is 11.3. The smallest absolute Gasteiger partial charge is 0.305 e. The van der Waals surface area contributed by atoms with Crippen molar-refractivity contribution in [2.75, 3.05) is 7.11 Å². The normalized spacial score (nSPS) is 55.0. The number of esters is 1. The first kappa shape index (κ1) is 18.4. The second kappa shape index (κ2) is 5.72. The Bertz CT molecular complexity index is 650. The van der Waals surface area contributed by atoms with E-state index in [1.54, 1.807) is 0 Å². The highest BCUT2D eigenvalue weighted by Gasteiger charge is 2.81. The Morgan fingerprint density at radius 3 is 2.74 bits per heavy atom. The van der Waals surface area contributed by atoms with E-state index in [1.807, 2.05) is 0 Å². The maximum Gasteiger partial charge on any atom is 0.305 e. The Morgan fingerprint density at radius 2 is 2.04 bits per heavy atom. The topological polar surface area (TPSA) is 58.6 Å². The van der Waals surface area contributed by atoms with Crippen molar-refractivity contribution in [1.82, 2.24) is 5.32 Å². The van der Waals surface area contributed by atoms with Gasteiger partial charge in [0.05, 0.1) is 13.2 Å². The largest absolute Gasteiger partial charge is 0.469 e. The zero-order valence-corrected chi connectivity index (χ0v) is 17.5. The van der Waals surface area contributed by atoms with Gasteiger partial charge in [0.15, 0.2) is 0 Å². The summed E-state index contributed by atoms with van der Waals surface area (Å²) in [5.74, 6) is 2.27. The molecule has 2 saturated heterocycles. The molecular formula is C23H37NO3. The fourth-order valence-corrected chi connectivity index (χ4v) is 9.67. The van der Waals surface area contributed by atoms with Gasteiger partial charge in [-0.15, -0.1) is 0 Å². The van der Waals surface area contributed by atoms with Gasteiger partial charge in [0.1, 0.15) is 0 Å². The van der Waals surface area contributed by atoms with Gasteiger partial charge in [0, 0.05) is 24.4 Å². The number of aliphatic hydroxyl groups is 1. The van der Waals surface area contributed by atoms with Crippen LogP contribution in [0, 0.1) is 39.9 Å². The molecule has 0 aromatic heterocycles. The van der Waals surface area contributed by atoms with E-state index in [4.69, 9.17) is 4.74 Å². The molecule has 4 nitrogen and oxygen atoms in total. The minimum absolute atomic E-state index is 0.0696. The molecule has 0 aromatic carbocycles. The Morgan fingerprint density at radius 1 is 1.26 bits per heavy atom. The predicted octanol–water partition coefficient (Wildman–Crippen LogP) is 3.52. The van der Waals surface area contributed by atoms with E-state index in [0.29, 0.717) is 42.2 Å². The van der Waals surface area contributed by atoms with E-state index in [-0.39, 0.29) is 28.3 Å². The van der Waals surface area contributed by atoms with Gasteiger partial charge in [-0.2, -0.15) is 0 Å². The first-order valence-corrected chi connectivity index (χ1v) is 11.3. The number of carbonyl (C=O) groups excluding carboxylic acids is 1. The van der Waals surface area contributed by atoms with Crippen LogP contribution < -0.4 is 5.32 Å². The SMILES string of the molecule is COC(=O)CC[C@@]12[C@@H]3N[C@@H]4[C@@H]([C@@H](O)C[C@@]45CCC[C@H]51)[C@]2(C)CC[C@@H]3C(C)C. The van der Waals surface area contributed by atoms with Gasteiger partial charge in [-0.1, -0.05) is 27.2 Å². The van der Waals surface area contributed by atoms with Crippen molar-refractivity contribution in [2.24, 2.45) is 39.9 Å². The average molecular weight is 376 g/mol. The van der Waals surface area contributed by atoms with Gasteiger partial charge < -0.3 is 15.2 Å². The summed E-state index contributed by atoms with van der Waals surface area (Å²) < 4.78 is 5.06. The molecule has 0 aromatic rings. The van der Waals surface area contributed by atoms with E-state index in [9.17, 15) is 9.90 Å². The number of methoxy groups -OCH3 is 1. The average Bonchev–Trinajstić information content (AvgIpc) is 3.15. The van der Waals surface area contributed by atoms with E-state index in [2.05, 4.69) is 26.1 Å². The van der Waals surface area contributed by atoms with E-state index < -0.39 is 0 Å². The summed E-state index contributed by atoms with van der Waals surface area (Å²) in [7, 11) is 1.51. The molecule has 0 unspecified atom stereocenters. The van der Waals surface area contributed by atoms with Gasteiger partial charge >= 0.3 is 5.97 Å². The van der Waals surface area contributed by atoms with Crippen LogP contribution in [0.3, 0.4) is 0 Å². The molecule has 6 bridgehead atoms. The lowest BCUT2D eigenvalue weighted by Crippen LogP contribution is -2.81. The fourth-order valence-electron chi connectivity index (χ4n) is 9.67. The molecule has 2 aliphatic heterocycles. The van der Waals surface area contributed by atoms with Crippen LogP contribution in [0.1, 0.15) is 72.1 Å². The molecule has 0 radical (unpaired) electrons. The molecule has 0 amide bonds. The van der Waals surface area contributed by atoms with Crippen molar-refractivity contribution in [1.29, 1.82) is 0 Å². The number of nitrogens with one attached hydrogen (secondary N) is 1. The lowest BCUT2D eigenvalue weighted by atomic mass is 9.33. The van der Waals surface area contributed by atoms with Gasteiger partial charge in [-0.25, -0.2) is 0 Å². The molecule has 152 valence electrons. The molecule has 6 aliphatic rings. The van der Waals surface area contributed by atoms with Crippen LogP contribution in [0.15, 0.2) is 0 Å². The van der Waals surface area contributed by atoms with Crippen LogP contribution in [0.5, 0.6) is 0 Å². The van der Waals surface area contributed by atoms with Crippen molar-refractivity contribution in [3.63, 3.8) is 0 Å². The van der Waals surface area contributed by atoms with Gasteiger partial charge in [0.2, 0.25) is 0 Å². The number of hydrogen-bond acceptors (Lipinski definition) is 4. The lowest BCUT2D eigenvalue weighted by Gasteiger charge is -2.76. The first-order chi connectivity index (χ1) is 12.8. The number of hydrogen-bond donors (Lipinski definition) is 2. The second-order valence-electron chi connectivity index (χ2n) is 11.1. The van der Waals surface area contributed by atoms with Crippen LogP contribution in [0.4, 0.5) is 0 Å². The predicted molar refractivity (Wildman–Crippen MR) is 104 cm³/mol. The van der Waals surface area contributed by atoms with Crippen molar-refractivity contribution >= 4 is 5.97 Å². The maximum atomic E-state index is 12.2. The van der Waals surface area contributed by atoms with Gasteiger partial charge in [-0.3, -0.25) is 4.79 Å². The molecule has 2 heterocycles. The minimum atomic E-state index is -0.176. The third-order valence-corrected chi connectivity index (χ3v) is 10.4. The van der Waals surface area contributed by atoms with Gasteiger partial charge in [-0.05, 0) is 72.5 Å². The Hall–Kier alpha value is -0.610. The lowest BCUT2D eigenvalue weighted by molar-refractivity contribution is -0.252. The van der Waals surface area contributed by atoms with E-state index >= 15 is 0 Å². The molecule has 4 heteroatoms. The second-order valence-corrected chi connectivity index (χ2v) is 11.1. The number of rotatable bonds is 4. The van der Waals surface area contributed by atoms with E-state index in [1.165, 1.54) is 39.2 Å². The number of ether oxygens (including phenoxy) is 1. The van der Waals surface area contributed by atoms with Crippen molar-refractivity contribution in [3.05, 3.63) is 0 Å². The quantitative estimate of drug-likeness (QED) is 0.738. The summed E-state index contributed by atoms with van der Waals surface area (Å²) in [6.45, 7) is 7.24. The molecule has 27 heavy (non-hydrogen) atoms. The molecule has 2 N–H and O–H groups in total. The Kier molecular flexibility index (Phi) is 3.90. The third kappa shape index (κ3) is 1.95. The van der Waals surface area contributed by atoms with Crippen LogP contribution >= 0.6 is 0 Å². The summed E-state index contributed by atoms with van der Waals surface area (Å²) in [6, 6.07) is 0.972. The number of carbonyl (C=O) groups is 1. The minimum Gasteiger partial charge on any atom is -0.469 e. The molecule has 4 aliphatic carbocycles. The molecule has 6 rings (SSSR count). The Balaban J connectivity index is 1.67. The van der Waals surface area contributed by atoms with Crippen molar-refractivity contribution in [3.8, 4) is 0 Å². The maximum absolute atomic E-state index is 12.2. The fraction of sp³-hybridized carbons (Fsp3) is 0.957. The van der Waals surface area contributed by atoms with Crippen molar-refractivity contribution in [2.45, 2.75) is 90.3 Å².